The summed E-state index contributed by atoms with van der Waals surface area (Å²) in [6, 6.07) is 4.52. The van der Waals surface area contributed by atoms with E-state index in [1.54, 1.807) is 13.1 Å². The molecule has 0 heterocycles. The lowest BCUT2D eigenvalue weighted by atomic mass is 10.2. The zero-order valence-corrected chi connectivity index (χ0v) is 6.39. The molecule has 1 rings (SSSR count). The molecular weight excluding hydrogens is 143 g/mol. The van der Waals surface area contributed by atoms with E-state index in [2.05, 4.69) is 5.32 Å². The summed E-state index contributed by atoms with van der Waals surface area (Å²) < 4.78 is 12.6. The third-order valence-corrected chi connectivity index (χ3v) is 1.56. The van der Waals surface area contributed by atoms with Gasteiger partial charge in [0, 0.05) is 19.3 Å². The molecule has 0 atom stereocenters. The minimum absolute atomic E-state index is 0.244. The maximum absolute atomic E-state index is 12.6. The Labute approximate surface area is 65.2 Å². The molecule has 0 radical (unpaired) electrons. The van der Waals surface area contributed by atoms with Crippen LogP contribution in [0.25, 0.3) is 0 Å². The summed E-state index contributed by atoms with van der Waals surface area (Å²) in [6.07, 6.45) is 0. The number of rotatable bonds is 2. The van der Waals surface area contributed by atoms with Crippen molar-refractivity contribution in [3.63, 3.8) is 0 Å². The van der Waals surface area contributed by atoms with Crippen LogP contribution in [-0.4, -0.2) is 7.05 Å². The fourth-order valence-corrected chi connectivity index (χ4v) is 0.959. The summed E-state index contributed by atoms with van der Waals surface area (Å²) in [6.45, 7) is 0.427. The zero-order chi connectivity index (χ0) is 8.27. The predicted molar refractivity (Wildman–Crippen MR) is 43.8 cm³/mol. The van der Waals surface area contributed by atoms with Crippen molar-refractivity contribution >= 4 is 5.69 Å². The van der Waals surface area contributed by atoms with Gasteiger partial charge in [0.25, 0.3) is 0 Å². The third-order valence-electron chi connectivity index (χ3n) is 1.56. The number of benzene rings is 1. The molecule has 0 aliphatic rings. The molecule has 0 unspecified atom stereocenters. The summed E-state index contributed by atoms with van der Waals surface area (Å²) in [5.74, 6) is -0.244. The molecule has 3 heteroatoms. The molecule has 1 aromatic rings. The molecule has 0 saturated carbocycles. The van der Waals surface area contributed by atoms with Gasteiger partial charge < -0.3 is 11.1 Å². The average molecular weight is 154 g/mol. The molecule has 0 aliphatic carbocycles. The van der Waals surface area contributed by atoms with Crippen LogP contribution in [0.2, 0.25) is 0 Å². The van der Waals surface area contributed by atoms with Crippen LogP contribution < -0.4 is 11.1 Å². The van der Waals surface area contributed by atoms with Gasteiger partial charge in [-0.1, -0.05) is 6.07 Å². The monoisotopic (exact) mass is 154 g/mol. The largest absolute Gasteiger partial charge is 0.388 e. The Morgan fingerprint density at radius 2 is 2.27 bits per heavy atom. The molecule has 60 valence electrons. The second-order valence-corrected chi connectivity index (χ2v) is 2.26. The lowest BCUT2D eigenvalue weighted by Gasteiger charge is -2.05. The van der Waals surface area contributed by atoms with Crippen LogP contribution in [0.3, 0.4) is 0 Å². The van der Waals surface area contributed by atoms with E-state index in [9.17, 15) is 4.39 Å². The number of hydrogen-bond acceptors (Lipinski definition) is 2. The van der Waals surface area contributed by atoms with Crippen molar-refractivity contribution in [2.45, 2.75) is 6.54 Å². The average Bonchev–Trinajstić information content (AvgIpc) is 2.04. The van der Waals surface area contributed by atoms with Gasteiger partial charge in [-0.3, -0.25) is 0 Å². The number of nitrogens with one attached hydrogen (secondary N) is 1. The van der Waals surface area contributed by atoms with E-state index in [0.717, 1.165) is 11.3 Å². The van der Waals surface area contributed by atoms with Crippen molar-refractivity contribution in [1.82, 2.24) is 0 Å². The van der Waals surface area contributed by atoms with Gasteiger partial charge in [0.05, 0.1) is 0 Å². The zero-order valence-electron chi connectivity index (χ0n) is 6.39. The van der Waals surface area contributed by atoms with Gasteiger partial charge >= 0.3 is 0 Å². The minimum Gasteiger partial charge on any atom is -0.388 e. The Bertz CT molecular complexity index is 248. The summed E-state index contributed by atoms with van der Waals surface area (Å²) in [5, 5.41) is 2.87. The van der Waals surface area contributed by atoms with E-state index in [0.29, 0.717) is 6.54 Å². The number of anilines is 1. The first kappa shape index (κ1) is 8.01. The van der Waals surface area contributed by atoms with Crippen LogP contribution in [-0.2, 0) is 6.54 Å². The molecular formula is C8H11FN2. The smallest absolute Gasteiger partial charge is 0.125 e. The van der Waals surface area contributed by atoms with Crippen molar-refractivity contribution in [1.29, 1.82) is 0 Å². The van der Waals surface area contributed by atoms with Crippen molar-refractivity contribution in [2.24, 2.45) is 5.73 Å². The Hall–Kier alpha value is -1.09. The van der Waals surface area contributed by atoms with Crippen molar-refractivity contribution < 1.29 is 4.39 Å². The fourth-order valence-electron chi connectivity index (χ4n) is 0.959. The van der Waals surface area contributed by atoms with Gasteiger partial charge in [0.2, 0.25) is 0 Å². The Kier molecular flexibility index (Phi) is 2.44. The SMILES string of the molecule is CNc1cc(F)ccc1CN. The molecule has 0 bridgehead atoms. The van der Waals surface area contributed by atoms with E-state index < -0.39 is 0 Å². The number of halogens is 1. The first-order chi connectivity index (χ1) is 5.27. The van der Waals surface area contributed by atoms with Crippen molar-refractivity contribution in [3.8, 4) is 0 Å². The lowest BCUT2D eigenvalue weighted by Crippen LogP contribution is -2.01. The maximum atomic E-state index is 12.6. The molecule has 0 saturated heterocycles. The van der Waals surface area contributed by atoms with E-state index in [-0.39, 0.29) is 5.82 Å². The van der Waals surface area contributed by atoms with Crippen molar-refractivity contribution in [3.05, 3.63) is 29.6 Å². The first-order valence-corrected chi connectivity index (χ1v) is 3.44. The fraction of sp³-hybridized carbons (Fsp3) is 0.250. The van der Waals surface area contributed by atoms with E-state index >= 15 is 0 Å². The normalized spacial score (nSPS) is 9.73. The van der Waals surface area contributed by atoms with Crippen LogP contribution in [0.15, 0.2) is 18.2 Å². The van der Waals surface area contributed by atoms with Gasteiger partial charge in [0.1, 0.15) is 5.82 Å². The van der Waals surface area contributed by atoms with Gasteiger partial charge in [-0.05, 0) is 17.7 Å². The molecule has 3 N–H and O–H groups in total. The van der Waals surface area contributed by atoms with Crippen LogP contribution in [0.1, 0.15) is 5.56 Å². The summed E-state index contributed by atoms with van der Waals surface area (Å²) in [4.78, 5) is 0. The predicted octanol–water partition coefficient (Wildman–Crippen LogP) is 1.33. The van der Waals surface area contributed by atoms with Crippen LogP contribution >= 0.6 is 0 Å². The summed E-state index contributed by atoms with van der Waals surface area (Å²) >= 11 is 0. The molecule has 0 amide bonds. The molecule has 0 aromatic heterocycles. The van der Waals surface area contributed by atoms with Crippen LogP contribution in [0.4, 0.5) is 10.1 Å². The maximum Gasteiger partial charge on any atom is 0.125 e. The second kappa shape index (κ2) is 3.34. The first-order valence-electron chi connectivity index (χ1n) is 3.44. The van der Waals surface area contributed by atoms with Crippen molar-refractivity contribution in [2.75, 3.05) is 12.4 Å². The van der Waals surface area contributed by atoms with Crippen LogP contribution in [0, 0.1) is 5.82 Å². The molecule has 2 nitrogen and oxygen atoms in total. The minimum atomic E-state index is -0.244. The quantitative estimate of drug-likeness (QED) is 0.674. The molecule has 1 aromatic carbocycles. The number of nitrogens with two attached hydrogens (primary N) is 1. The lowest BCUT2D eigenvalue weighted by molar-refractivity contribution is 0.627. The van der Waals surface area contributed by atoms with Crippen LogP contribution in [0.5, 0.6) is 0 Å². The highest BCUT2D eigenvalue weighted by atomic mass is 19.1. The highest BCUT2D eigenvalue weighted by Gasteiger charge is 1.98. The van der Waals surface area contributed by atoms with Gasteiger partial charge in [-0.15, -0.1) is 0 Å². The van der Waals surface area contributed by atoms with Gasteiger partial charge in [-0.2, -0.15) is 0 Å². The third kappa shape index (κ3) is 1.68. The standard InChI is InChI=1S/C8H11FN2/c1-11-8-4-7(9)3-2-6(8)5-10/h2-4,11H,5,10H2,1H3. The van der Waals surface area contributed by atoms with Gasteiger partial charge in [0.15, 0.2) is 0 Å². The van der Waals surface area contributed by atoms with E-state index in [1.165, 1.54) is 12.1 Å². The highest BCUT2D eigenvalue weighted by molar-refractivity contribution is 5.50. The van der Waals surface area contributed by atoms with Gasteiger partial charge in [-0.25, -0.2) is 4.39 Å². The summed E-state index contributed by atoms with van der Waals surface area (Å²) in [7, 11) is 1.74. The molecule has 11 heavy (non-hydrogen) atoms. The second-order valence-electron chi connectivity index (χ2n) is 2.26. The molecule has 0 aliphatic heterocycles. The Morgan fingerprint density at radius 1 is 1.55 bits per heavy atom. The summed E-state index contributed by atoms with van der Waals surface area (Å²) in [5.41, 5.74) is 7.10. The molecule has 0 fully saturated rings. The number of hydrogen-bond donors (Lipinski definition) is 2. The highest BCUT2D eigenvalue weighted by Crippen LogP contribution is 2.15. The topological polar surface area (TPSA) is 38.0 Å². The van der Waals surface area contributed by atoms with E-state index in [4.69, 9.17) is 5.73 Å². The molecule has 0 spiro atoms. The Balaban J connectivity index is 3.06. The Morgan fingerprint density at radius 3 is 2.82 bits per heavy atom. The van der Waals surface area contributed by atoms with E-state index in [1.807, 2.05) is 0 Å².